The molecule has 0 radical (unpaired) electrons. The van der Waals surface area contributed by atoms with E-state index in [0.29, 0.717) is 33.0 Å². The molecule has 10 heteroatoms. The van der Waals surface area contributed by atoms with Crippen molar-refractivity contribution in [1.82, 2.24) is 0 Å². The van der Waals surface area contributed by atoms with Gasteiger partial charge in [-0.3, -0.25) is 0 Å². The lowest BCUT2D eigenvalue weighted by Gasteiger charge is -2.38. The zero-order chi connectivity index (χ0) is 35.5. The largest absolute Gasteiger partial charge is 0.695 e. The monoisotopic (exact) mass is 699 g/mol. The predicted molar refractivity (Wildman–Crippen MR) is 192 cm³/mol. The highest BCUT2D eigenvalue weighted by Gasteiger charge is 2.34. The Labute approximate surface area is 292 Å². The van der Waals surface area contributed by atoms with Crippen LogP contribution in [0.4, 0.5) is 0 Å². The molecule has 2 rings (SSSR count). The number of fused-ring (bicyclic) bond motifs is 1. The molecule has 0 bridgehead atoms. The van der Waals surface area contributed by atoms with Crippen LogP contribution >= 0.6 is 8.25 Å². The van der Waals surface area contributed by atoms with Crippen LogP contribution in [-0.4, -0.2) is 74.6 Å². The normalized spacial score (nSPS) is 18.4. The zero-order valence-electron chi connectivity index (χ0n) is 31.4. The van der Waals surface area contributed by atoms with Crippen LogP contribution in [0.3, 0.4) is 0 Å². The Balaban J connectivity index is 1.68. The summed E-state index contributed by atoms with van der Waals surface area (Å²) in [5.74, 6) is 4.46. The molecule has 0 fully saturated rings. The van der Waals surface area contributed by atoms with Crippen molar-refractivity contribution < 1.29 is 42.8 Å². The molecule has 1 aliphatic rings. The molecule has 1 heterocycles. The van der Waals surface area contributed by atoms with Crippen molar-refractivity contribution in [3.63, 3.8) is 0 Å². The van der Waals surface area contributed by atoms with Gasteiger partial charge < -0.3 is 28.8 Å². The molecule has 0 saturated heterocycles. The molecule has 0 spiro atoms. The molecular formula is C38H68O9P+. The van der Waals surface area contributed by atoms with Crippen LogP contribution in [0.2, 0.25) is 0 Å². The van der Waals surface area contributed by atoms with Crippen molar-refractivity contribution in [3.05, 3.63) is 22.3 Å². The maximum absolute atomic E-state index is 10.7. The summed E-state index contributed by atoms with van der Waals surface area (Å²) in [6.07, 6.45) is 13.0. The van der Waals surface area contributed by atoms with Gasteiger partial charge in [0.2, 0.25) is 0 Å². The quantitative estimate of drug-likeness (QED) is 0.0689. The molecule has 278 valence electrons. The lowest BCUT2D eigenvalue weighted by atomic mass is 9.83. The molecule has 0 aromatic heterocycles. The Morgan fingerprint density at radius 2 is 1.35 bits per heavy atom. The fraction of sp³-hybridized carbons (Fsp3) is 0.842. The van der Waals surface area contributed by atoms with Crippen molar-refractivity contribution >= 4 is 8.25 Å². The van der Waals surface area contributed by atoms with Crippen LogP contribution in [-0.2, 0) is 29.7 Å². The van der Waals surface area contributed by atoms with Gasteiger partial charge in [-0.2, -0.15) is 0 Å². The van der Waals surface area contributed by atoms with Gasteiger partial charge in [0.1, 0.15) is 23.7 Å². The van der Waals surface area contributed by atoms with E-state index in [0.717, 1.165) is 54.1 Å². The van der Waals surface area contributed by atoms with E-state index in [2.05, 4.69) is 59.9 Å². The van der Waals surface area contributed by atoms with Gasteiger partial charge in [-0.15, -0.1) is 9.42 Å². The Morgan fingerprint density at radius 1 is 0.792 bits per heavy atom. The van der Waals surface area contributed by atoms with Gasteiger partial charge in [0.25, 0.3) is 0 Å². The van der Waals surface area contributed by atoms with Crippen LogP contribution < -0.4 is 9.47 Å². The Hall–Kier alpha value is -1.32. The third kappa shape index (κ3) is 16.1. The van der Waals surface area contributed by atoms with E-state index in [1.165, 1.54) is 68.1 Å². The summed E-state index contributed by atoms with van der Waals surface area (Å²) in [4.78, 5) is 8.74. The lowest BCUT2D eigenvalue weighted by Crippen LogP contribution is -2.37. The second-order valence-electron chi connectivity index (χ2n) is 14.7. The van der Waals surface area contributed by atoms with Crippen molar-refractivity contribution in [3.8, 4) is 11.5 Å². The van der Waals surface area contributed by atoms with Crippen molar-refractivity contribution in [2.45, 2.75) is 138 Å². The molecule has 48 heavy (non-hydrogen) atoms. The third-order valence-corrected chi connectivity index (χ3v) is 10.3. The van der Waals surface area contributed by atoms with Crippen LogP contribution in [0, 0.1) is 38.5 Å². The molecule has 0 amide bonds. The number of hydrogen-bond donors (Lipinski definition) is 2. The standard InChI is InChI=1S/C38H67O9P/c1-28(2)12-9-13-29(3)14-10-15-30(4)16-11-18-38(8)19-17-35-33(7)36(31(5)32(6)37(35)46-38)45-25-24-43-21-20-42-22-23-44-27-34(26-39)47-48(40)41/h28-30,34,39H,9-27H2,1-8H3/p+1. The van der Waals surface area contributed by atoms with Gasteiger partial charge in [-0.05, 0) is 87.8 Å². The van der Waals surface area contributed by atoms with Crippen molar-refractivity contribution in [2.24, 2.45) is 17.8 Å². The summed E-state index contributed by atoms with van der Waals surface area (Å²) in [5, 5.41) is 9.09. The zero-order valence-corrected chi connectivity index (χ0v) is 32.3. The molecular weight excluding hydrogens is 631 g/mol. The number of aliphatic hydroxyl groups is 1. The Kier molecular flexibility index (Phi) is 20.7. The summed E-state index contributed by atoms with van der Waals surface area (Å²) >= 11 is 0. The number of rotatable bonds is 27. The topological polar surface area (TPSA) is 113 Å². The highest BCUT2D eigenvalue weighted by molar-refractivity contribution is 7.32. The first-order chi connectivity index (χ1) is 22.9. The molecule has 9 nitrogen and oxygen atoms in total. The maximum Gasteiger partial charge on any atom is 0.695 e. The van der Waals surface area contributed by atoms with Crippen LogP contribution in [0.25, 0.3) is 0 Å². The van der Waals surface area contributed by atoms with Gasteiger partial charge >= 0.3 is 8.25 Å². The molecule has 0 saturated carbocycles. The molecule has 0 aliphatic carbocycles. The average molecular weight is 700 g/mol. The Morgan fingerprint density at radius 3 is 1.94 bits per heavy atom. The summed E-state index contributed by atoms with van der Waals surface area (Å²) in [5.41, 5.74) is 4.63. The molecule has 5 atom stereocenters. The van der Waals surface area contributed by atoms with Crippen molar-refractivity contribution in [2.75, 3.05) is 52.9 Å². The number of aliphatic hydroxyl groups excluding tert-OH is 1. The van der Waals surface area contributed by atoms with E-state index in [4.69, 9.17) is 33.7 Å². The molecule has 1 aromatic carbocycles. The number of ether oxygens (including phenoxy) is 5. The van der Waals surface area contributed by atoms with E-state index >= 15 is 0 Å². The molecule has 1 aromatic rings. The lowest BCUT2D eigenvalue weighted by molar-refractivity contribution is -0.0175. The van der Waals surface area contributed by atoms with Gasteiger partial charge in [0.05, 0.1) is 46.2 Å². The minimum Gasteiger partial charge on any atom is -0.491 e. The van der Waals surface area contributed by atoms with E-state index < -0.39 is 21.0 Å². The smallest absolute Gasteiger partial charge is 0.491 e. The minimum atomic E-state index is -2.77. The van der Waals surface area contributed by atoms with Gasteiger partial charge in [0, 0.05) is 10.1 Å². The summed E-state index contributed by atoms with van der Waals surface area (Å²) in [6, 6.07) is 0. The third-order valence-electron chi connectivity index (χ3n) is 9.80. The van der Waals surface area contributed by atoms with E-state index in [1.807, 2.05) is 0 Å². The average Bonchev–Trinajstić information content (AvgIpc) is 3.02. The van der Waals surface area contributed by atoms with E-state index in [1.54, 1.807) is 0 Å². The summed E-state index contributed by atoms with van der Waals surface area (Å²) in [7, 11) is -2.77. The SMILES string of the molecule is Cc1c(C)c2c(c(C)c1OCCOCCOCCOCC(CO)O[P+](=O)O)CCC(C)(CCCC(C)CCCC(C)CCCC(C)C)O2. The van der Waals surface area contributed by atoms with E-state index in [9.17, 15) is 4.57 Å². The van der Waals surface area contributed by atoms with Crippen LogP contribution in [0.1, 0.15) is 121 Å². The van der Waals surface area contributed by atoms with E-state index in [-0.39, 0.29) is 18.8 Å². The number of benzene rings is 1. The molecule has 1 aliphatic heterocycles. The first-order valence-electron chi connectivity index (χ1n) is 18.5. The fourth-order valence-corrected chi connectivity index (χ4v) is 6.96. The maximum atomic E-state index is 10.7. The summed E-state index contributed by atoms with van der Waals surface area (Å²) in [6.45, 7) is 20.2. The Bertz CT molecular complexity index is 1070. The molecule has 2 N–H and O–H groups in total. The van der Waals surface area contributed by atoms with Gasteiger partial charge in [0.15, 0.2) is 6.10 Å². The fourth-order valence-electron chi connectivity index (χ4n) is 6.58. The predicted octanol–water partition coefficient (Wildman–Crippen LogP) is 8.59. The first-order valence-corrected chi connectivity index (χ1v) is 19.6. The molecule has 5 unspecified atom stereocenters. The highest BCUT2D eigenvalue weighted by atomic mass is 31.1. The summed E-state index contributed by atoms with van der Waals surface area (Å²) < 4.78 is 44.8. The van der Waals surface area contributed by atoms with Crippen molar-refractivity contribution in [1.29, 1.82) is 0 Å². The minimum absolute atomic E-state index is 0.0136. The van der Waals surface area contributed by atoms with Gasteiger partial charge in [-0.1, -0.05) is 72.6 Å². The first kappa shape index (κ1) is 42.8. The number of hydrogen-bond acceptors (Lipinski definition) is 8. The van der Waals surface area contributed by atoms with Crippen LogP contribution in [0.15, 0.2) is 0 Å². The second-order valence-corrected chi connectivity index (χ2v) is 15.4. The second kappa shape index (κ2) is 23.2. The van der Waals surface area contributed by atoms with Crippen LogP contribution in [0.5, 0.6) is 11.5 Å². The van der Waals surface area contributed by atoms with Gasteiger partial charge in [-0.25, -0.2) is 0 Å². The highest BCUT2D eigenvalue weighted by Crippen LogP contribution is 2.45.